The van der Waals surface area contributed by atoms with E-state index in [-0.39, 0.29) is 35.4 Å². The molecule has 10 aromatic carbocycles. The summed E-state index contributed by atoms with van der Waals surface area (Å²) in [6.07, 6.45) is 0. The van der Waals surface area contributed by atoms with Crippen molar-refractivity contribution in [2.24, 2.45) is 0 Å². The van der Waals surface area contributed by atoms with E-state index in [1.807, 2.05) is 138 Å². The predicted molar refractivity (Wildman–Crippen MR) is 237 cm³/mol. The van der Waals surface area contributed by atoms with Crippen LogP contribution in [-0.4, -0.2) is 0 Å². The van der Waals surface area contributed by atoms with Crippen LogP contribution in [0.5, 0.6) is 0 Å². The third kappa shape index (κ3) is 5.26. The minimum absolute atomic E-state index is 0.114. The van der Waals surface area contributed by atoms with E-state index in [0.717, 1.165) is 76.5 Å². The average molecular weight is 718 g/mol. The Kier molecular flexibility index (Phi) is 6.60. The van der Waals surface area contributed by atoms with Crippen molar-refractivity contribution in [1.82, 2.24) is 0 Å². The molecule has 0 unspecified atom stereocenters. The van der Waals surface area contributed by atoms with Gasteiger partial charge in [-0.3, -0.25) is 0 Å². The van der Waals surface area contributed by atoms with Crippen LogP contribution in [0.25, 0.3) is 87.6 Å². The van der Waals surface area contributed by atoms with E-state index in [2.05, 4.69) is 54.6 Å². The lowest BCUT2D eigenvalue weighted by atomic mass is 9.96. The molecule has 11 aromatic rings. The first-order chi connectivity index (χ1) is 29.5. The zero-order valence-electron chi connectivity index (χ0n) is 34.3. The van der Waals surface area contributed by atoms with Gasteiger partial charge in [0.1, 0.15) is 11.2 Å². The fourth-order valence-corrected chi connectivity index (χ4v) is 8.27. The van der Waals surface area contributed by atoms with Crippen molar-refractivity contribution < 1.29 is 9.90 Å². The molecule has 0 saturated carbocycles. The molecular formula is C54H35NO. The fraction of sp³-hybridized carbons (Fsp3) is 0. The van der Waals surface area contributed by atoms with E-state index >= 15 is 0 Å². The van der Waals surface area contributed by atoms with Crippen LogP contribution in [0.2, 0.25) is 0 Å². The highest BCUT2D eigenvalue weighted by atomic mass is 16.3. The second-order valence-electron chi connectivity index (χ2n) is 14.1. The Morgan fingerprint density at radius 1 is 0.339 bits per heavy atom. The summed E-state index contributed by atoms with van der Waals surface area (Å²) in [5.41, 5.74) is 7.48. The summed E-state index contributed by atoms with van der Waals surface area (Å²) >= 11 is 0. The van der Waals surface area contributed by atoms with Crippen LogP contribution in [0.4, 0.5) is 17.1 Å². The molecule has 0 bridgehead atoms. The zero-order valence-corrected chi connectivity index (χ0v) is 30.3. The number of anilines is 3. The SMILES string of the molecule is [2H]c1c([2H])c(N(c2ccccc2-c2ccccc2)c2ccccc2-c2cccc3c2oc2c4ccccc4ccc32)c([2H])c([2H])c1-c1ccc2c(ccc3ccccc32)c1. The standard InChI is InChI=1S/C54H35NO/c1-2-13-37(14-3-1)45-18-8-10-23-51(45)55(42-31-27-36(28-32-42)40-30-33-44-41(35-40)26-25-38-15-4-6-17-43(38)44)52-24-11-9-20-47(52)48-21-12-22-49-50-34-29-39-16-5-7-19-46(39)53(50)56-54(48)49/h1-35H/i27D,28D,31D,32D. The van der Waals surface area contributed by atoms with Gasteiger partial charge in [-0.1, -0.05) is 176 Å². The molecule has 0 aliphatic heterocycles. The van der Waals surface area contributed by atoms with Gasteiger partial charge in [-0.25, -0.2) is 0 Å². The molecule has 0 aliphatic carbocycles. The third-order valence-electron chi connectivity index (χ3n) is 10.9. The van der Waals surface area contributed by atoms with Crippen LogP contribution in [0.3, 0.4) is 0 Å². The molecule has 0 spiro atoms. The van der Waals surface area contributed by atoms with E-state index in [1.54, 1.807) is 0 Å². The summed E-state index contributed by atoms with van der Waals surface area (Å²) in [4.78, 5) is 1.91. The quantitative estimate of drug-likeness (QED) is 0.159. The Bertz CT molecular complexity index is 3470. The minimum Gasteiger partial charge on any atom is -0.455 e. The maximum absolute atomic E-state index is 9.80. The monoisotopic (exact) mass is 717 g/mol. The largest absolute Gasteiger partial charge is 0.455 e. The molecule has 56 heavy (non-hydrogen) atoms. The summed E-state index contributed by atoms with van der Waals surface area (Å²) in [5, 5.41) is 8.42. The number of nitrogens with zero attached hydrogens (tertiary/aromatic N) is 1. The molecule has 0 atom stereocenters. The van der Waals surface area contributed by atoms with Crippen molar-refractivity contribution in [3.8, 4) is 33.4 Å². The van der Waals surface area contributed by atoms with E-state index in [9.17, 15) is 5.48 Å². The Morgan fingerprint density at radius 2 is 0.893 bits per heavy atom. The predicted octanol–water partition coefficient (Wildman–Crippen LogP) is 15.5. The van der Waals surface area contributed by atoms with Gasteiger partial charge in [0.15, 0.2) is 0 Å². The van der Waals surface area contributed by atoms with Crippen LogP contribution in [0.15, 0.2) is 217 Å². The minimum atomic E-state index is -0.143. The average Bonchev–Trinajstić information content (AvgIpc) is 3.70. The summed E-state index contributed by atoms with van der Waals surface area (Å²) in [6.45, 7) is 0. The van der Waals surface area contributed by atoms with Crippen molar-refractivity contribution in [2.75, 3.05) is 4.90 Å². The molecule has 2 heteroatoms. The van der Waals surface area contributed by atoms with Crippen LogP contribution in [0, 0.1) is 0 Å². The van der Waals surface area contributed by atoms with E-state index < -0.39 is 0 Å². The highest BCUT2D eigenvalue weighted by Crippen LogP contribution is 2.47. The number of hydrogen-bond acceptors (Lipinski definition) is 2. The molecule has 2 nitrogen and oxygen atoms in total. The first-order valence-corrected chi connectivity index (χ1v) is 18.9. The van der Waals surface area contributed by atoms with Gasteiger partial charge in [0.25, 0.3) is 0 Å². The second kappa shape index (κ2) is 13.2. The topological polar surface area (TPSA) is 16.4 Å². The molecular weight excluding hydrogens is 679 g/mol. The van der Waals surface area contributed by atoms with Gasteiger partial charge in [0.2, 0.25) is 0 Å². The van der Waals surface area contributed by atoms with Gasteiger partial charge < -0.3 is 9.32 Å². The number of rotatable bonds is 6. The Morgan fingerprint density at radius 3 is 1.71 bits per heavy atom. The maximum atomic E-state index is 9.80. The van der Waals surface area contributed by atoms with E-state index in [4.69, 9.17) is 4.42 Å². The van der Waals surface area contributed by atoms with Crippen LogP contribution in [0.1, 0.15) is 5.48 Å². The van der Waals surface area contributed by atoms with Gasteiger partial charge in [-0.15, -0.1) is 0 Å². The third-order valence-corrected chi connectivity index (χ3v) is 10.9. The van der Waals surface area contributed by atoms with Crippen molar-refractivity contribution in [2.45, 2.75) is 0 Å². The number of para-hydroxylation sites is 3. The van der Waals surface area contributed by atoms with Crippen molar-refractivity contribution >= 4 is 71.3 Å². The fourth-order valence-electron chi connectivity index (χ4n) is 8.27. The normalized spacial score (nSPS) is 12.6. The molecule has 262 valence electrons. The second-order valence-corrected chi connectivity index (χ2v) is 14.1. The van der Waals surface area contributed by atoms with Crippen molar-refractivity contribution in [3.63, 3.8) is 0 Å². The van der Waals surface area contributed by atoms with Crippen molar-refractivity contribution in [3.05, 3.63) is 212 Å². The highest BCUT2D eigenvalue weighted by molar-refractivity contribution is 6.18. The smallest absolute Gasteiger partial charge is 0.143 e. The molecule has 0 radical (unpaired) electrons. The molecule has 0 aliphatic rings. The molecule has 0 N–H and O–H groups in total. The molecule has 11 rings (SSSR count). The lowest BCUT2D eigenvalue weighted by molar-refractivity contribution is 0.674. The first kappa shape index (κ1) is 28.1. The Labute approximate surface area is 330 Å². The van der Waals surface area contributed by atoms with Gasteiger partial charge in [-0.05, 0) is 80.0 Å². The summed E-state index contributed by atoms with van der Waals surface area (Å²) in [7, 11) is 0. The van der Waals surface area contributed by atoms with Crippen LogP contribution < -0.4 is 4.90 Å². The maximum Gasteiger partial charge on any atom is 0.143 e. The summed E-state index contributed by atoms with van der Waals surface area (Å²) in [6, 6.07) is 62.4. The van der Waals surface area contributed by atoms with Gasteiger partial charge in [-0.2, -0.15) is 0 Å². The van der Waals surface area contributed by atoms with Crippen LogP contribution >= 0.6 is 0 Å². The van der Waals surface area contributed by atoms with E-state index in [1.165, 1.54) is 0 Å². The Hall–Kier alpha value is -7.42. The zero-order chi connectivity index (χ0) is 40.5. The molecule has 0 amide bonds. The number of hydrogen-bond donors (Lipinski definition) is 0. The lowest BCUT2D eigenvalue weighted by Crippen LogP contribution is -2.12. The van der Waals surface area contributed by atoms with Gasteiger partial charge >= 0.3 is 0 Å². The van der Waals surface area contributed by atoms with Crippen LogP contribution in [-0.2, 0) is 0 Å². The van der Waals surface area contributed by atoms with Crippen molar-refractivity contribution in [1.29, 1.82) is 0 Å². The molecule has 0 fully saturated rings. The lowest BCUT2D eigenvalue weighted by Gasteiger charge is -2.30. The number of furan rings is 1. The van der Waals surface area contributed by atoms with E-state index in [0.29, 0.717) is 16.9 Å². The summed E-state index contributed by atoms with van der Waals surface area (Å²) < 4.78 is 45.7. The number of benzene rings is 10. The summed E-state index contributed by atoms with van der Waals surface area (Å²) in [5.74, 6) is 0. The van der Waals surface area contributed by atoms with Gasteiger partial charge in [0.05, 0.1) is 16.9 Å². The molecule has 0 saturated heterocycles. The number of fused-ring (bicyclic) bond motifs is 8. The highest BCUT2D eigenvalue weighted by Gasteiger charge is 2.23. The molecule has 1 aromatic heterocycles. The molecule has 1 heterocycles. The van der Waals surface area contributed by atoms with Gasteiger partial charge in [0, 0.05) is 38.5 Å². The first-order valence-electron chi connectivity index (χ1n) is 20.9. The Balaban J connectivity index is 1.17.